The number of carbonyl (C=O) groups is 1. The van der Waals surface area contributed by atoms with Gasteiger partial charge in [-0.15, -0.1) is 10.2 Å². The number of nitrogens with zero attached hydrogens (tertiary/aromatic N) is 4. The molecule has 27 heavy (non-hydrogen) atoms. The average Bonchev–Trinajstić information content (AvgIpc) is 3.28. The van der Waals surface area contributed by atoms with Gasteiger partial charge in [0.2, 0.25) is 5.91 Å². The van der Waals surface area contributed by atoms with Crippen LogP contribution in [0.15, 0.2) is 36.4 Å². The van der Waals surface area contributed by atoms with Crippen molar-refractivity contribution in [2.75, 3.05) is 38.2 Å². The van der Waals surface area contributed by atoms with Crippen molar-refractivity contribution >= 4 is 11.7 Å². The first-order chi connectivity index (χ1) is 13.3. The van der Waals surface area contributed by atoms with E-state index in [-0.39, 0.29) is 5.92 Å². The molecule has 0 radical (unpaired) electrons. The number of methoxy groups -OCH3 is 1. The highest BCUT2D eigenvalue weighted by atomic mass is 16.5. The Morgan fingerprint density at radius 1 is 1.00 bits per heavy atom. The minimum absolute atomic E-state index is 0.261. The van der Waals surface area contributed by atoms with E-state index in [1.54, 1.807) is 7.11 Å². The van der Waals surface area contributed by atoms with Crippen LogP contribution in [0.3, 0.4) is 0 Å². The number of anilines is 1. The molecule has 142 valence electrons. The summed E-state index contributed by atoms with van der Waals surface area (Å²) in [6, 6.07) is 11.8. The number of carbonyl (C=O) groups excluding carboxylic acids is 1. The molecule has 1 aromatic heterocycles. The van der Waals surface area contributed by atoms with E-state index in [0.717, 1.165) is 61.8 Å². The van der Waals surface area contributed by atoms with Gasteiger partial charge < -0.3 is 14.5 Å². The fraction of sp³-hybridized carbons (Fsp3) is 0.476. The van der Waals surface area contributed by atoms with Crippen LogP contribution in [-0.4, -0.2) is 54.3 Å². The molecule has 2 aromatic rings. The largest absolute Gasteiger partial charge is 0.496 e. The predicted octanol–water partition coefficient (Wildman–Crippen LogP) is 2.99. The summed E-state index contributed by atoms with van der Waals surface area (Å²) in [4.78, 5) is 16.8. The van der Waals surface area contributed by atoms with Gasteiger partial charge in [-0.05, 0) is 37.1 Å². The Balaban J connectivity index is 1.39. The number of aromatic nitrogens is 2. The van der Waals surface area contributed by atoms with Crippen molar-refractivity contribution in [1.29, 1.82) is 0 Å². The maximum Gasteiger partial charge on any atom is 0.225 e. The molecule has 6 heteroatoms. The first kappa shape index (κ1) is 17.8. The van der Waals surface area contributed by atoms with Crippen LogP contribution in [0.2, 0.25) is 0 Å². The maximum absolute atomic E-state index is 12.6. The van der Waals surface area contributed by atoms with Crippen LogP contribution in [-0.2, 0) is 4.79 Å². The van der Waals surface area contributed by atoms with Crippen LogP contribution >= 0.6 is 0 Å². The molecule has 1 aromatic carbocycles. The topological polar surface area (TPSA) is 58.6 Å². The highest BCUT2D eigenvalue weighted by Crippen LogP contribution is 2.29. The van der Waals surface area contributed by atoms with Gasteiger partial charge in [-0.2, -0.15) is 0 Å². The standard InChI is InChI=1S/C21H26N4O2/c1-27-19-9-5-4-8-17(19)18-10-11-20(23-22-18)24-12-14-25(15-13-24)21(26)16-6-2-3-7-16/h4-5,8-11,16H,2-3,6-7,12-15H2,1H3. The van der Waals surface area contributed by atoms with Gasteiger partial charge in [0.05, 0.1) is 12.8 Å². The fourth-order valence-corrected chi connectivity index (χ4v) is 4.08. The lowest BCUT2D eigenvalue weighted by Gasteiger charge is -2.36. The van der Waals surface area contributed by atoms with Gasteiger partial charge in [-0.1, -0.05) is 25.0 Å². The molecule has 1 aliphatic heterocycles. The quantitative estimate of drug-likeness (QED) is 0.833. The average molecular weight is 366 g/mol. The molecule has 1 aliphatic carbocycles. The fourth-order valence-electron chi connectivity index (χ4n) is 4.08. The Bertz CT molecular complexity index is 779. The van der Waals surface area contributed by atoms with Gasteiger partial charge in [-0.3, -0.25) is 4.79 Å². The molecular weight excluding hydrogens is 340 g/mol. The molecule has 2 aliphatic rings. The molecule has 2 heterocycles. The summed E-state index contributed by atoms with van der Waals surface area (Å²) in [5.74, 6) is 2.27. The maximum atomic E-state index is 12.6. The van der Waals surface area contributed by atoms with E-state index in [4.69, 9.17) is 4.74 Å². The van der Waals surface area contributed by atoms with Crippen LogP contribution in [0, 0.1) is 5.92 Å². The zero-order valence-electron chi connectivity index (χ0n) is 15.8. The minimum Gasteiger partial charge on any atom is -0.496 e. The Morgan fingerprint density at radius 2 is 1.74 bits per heavy atom. The number of hydrogen-bond donors (Lipinski definition) is 0. The highest BCUT2D eigenvalue weighted by molar-refractivity contribution is 5.79. The molecule has 2 fully saturated rings. The lowest BCUT2D eigenvalue weighted by atomic mass is 10.1. The van der Waals surface area contributed by atoms with Gasteiger partial charge in [-0.25, -0.2) is 0 Å². The summed E-state index contributed by atoms with van der Waals surface area (Å²) in [5, 5.41) is 8.82. The Morgan fingerprint density at radius 3 is 2.41 bits per heavy atom. The normalized spacial score (nSPS) is 18.0. The van der Waals surface area contributed by atoms with E-state index in [1.807, 2.05) is 41.3 Å². The van der Waals surface area contributed by atoms with Crippen molar-refractivity contribution < 1.29 is 9.53 Å². The van der Waals surface area contributed by atoms with E-state index in [0.29, 0.717) is 5.91 Å². The lowest BCUT2D eigenvalue weighted by Crippen LogP contribution is -2.50. The van der Waals surface area contributed by atoms with E-state index in [2.05, 4.69) is 15.1 Å². The molecule has 1 amide bonds. The van der Waals surface area contributed by atoms with Crippen molar-refractivity contribution in [3.63, 3.8) is 0 Å². The first-order valence-corrected chi connectivity index (χ1v) is 9.77. The number of rotatable bonds is 4. The summed E-state index contributed by atoms with van der Waals surface area (Å²) in [5.41, 5.74) is 1.73. The number of hydrogen-bond acceptors (Lipinski definition) is 5. The van der Waals surface area contributed by atoms with Gasteiger partial charge in [0.25, 0.3) is 0 Å². The second-order valence-electron chi connectivity index (χ2n) is 7.27. The van der Waals surface area contributed by atoms with Gasteiger partial charge in [0.1, 0.15) is 5.75 Å². The van der Waals surface area contributed by atoms with Crippen LogP contribution < -0.4 is 9.64 Å². The van der Waals surface area contributed by atoms with Crippen molar-refractivity contribution in [2.45, 2.75) is 25.7 Å². The first-order valence-electron chi connectivity index (χ1n) is 9.77. The van der Waals surface area contributed by atoms with Crippen LogP contribution in [0.25, 0.3) is 11.3 Å². The summed E-state index contributed by atoms with van der Waals surface area (Å²) < 4.78 is 5.41. The number of ether oxygens (including phenoxy) is 1. The smallest absolute Gasteiger partial charge is 0.225 e. The Labute approximate surface area is 160 Å². The van der Waals surface area contributed by atoms with Crippen LogP contribution in [0.4, 0.5) is 5.82 Å². The van der Waals surface area contributed by atoms with Gasteiger partial charge in [0.15, 0.2) is 5.82 Å². The van der Waals surface area contributed by atoms with Gasteiger partial charge in [0, 0.05) is 37.7 Å². The third-order valence-corrected chi connectivity index (χ3v) is 5.65. The van der Waals surface area contributed by atoms with E-state index < -0.39 is 0 Å². The lowest BCUT2D eigenvalue weighted by molar-refractivity contribution is -0.135. The van der Waals surface area contributed by atoms with E-state index >= 15 is 0 Å². The summed E-state index contributed by atoms with van der Waals surface area (Å²) in [6.07, 6.45) is 4.53. The van der Waals surface area contributed by atoms with Crippen molar-refractivity contribution in [3.8, 4) is 17.0 Å². The van der Waals surface area contributed by atoms with Crippen molar-refractivity contribution in [1.82, 2.24) is 15.1 Å². The SMILES string of the molecule is COc1ccccc1-c1ccc(N2CCN(C(=O)C3CCCC3)CC2)nn1. The number of para-hydroxylation sites is 1. The summed E-state index contributed by atoms with van der Waals surface area (Å²) >= 11 is 0. The minimum atomic E-state index is 0.261. The zero-order valence-corrected chi connectivity index (χ0v) is 15.8. The molecule has 0 bridgehead atoms. The second kappa shape index (κ2) is 7.94. The number of benzene rings is 1. The molecule has 1 saturated heterocycles. The Kier molecular flexibility index (Phi) is 5.23. The molecule has 0 atom stereocenters. The molecule has 1 saturated carbocycles. The molecule has 6 nitrogen and oxygen atoms in total. The molecule has 0 unspecified atom stereocenters. The van der Waals surface area contributed by atoms with Crippen LogP contribution in [0.5, 0.6) is 5.75 Å². The zero-order chi connectivity index (χ0) is 18.6. The van der Waals surface area contributed by atoms with Crippen molar-refractivity contribution in [3.05, 3.63) is 36.4 Å². The monoisotopic (exact) mass is 366 g/mol. The molecule has 0 N–H and O–H groups in total. The Hall–Kier alpha value is -2.63. The third-order valence-electron chi connectivity index (χ3n) is 5.65. The van der Waals surface area contributed by atoms with Gasteiger partial charge >= 0.3 is 0 Å². The molecular formula is C21H26N4O2. The van der Waals surface area contributed by atoms with E-state index in [9.17, 15) is 4.79 Å². The molecule has 0 spiro atoms. The number of piperazine rings is 1. The van der Waals surface area contributed by atoms with E-state index in [1.165, 1.54) is 12.8 Å². The second-order valence-corrected chi connectivity index (χ2v) is 7.27. The predicted molar refractivity (Wildman–Crippen MR) is 105 cm³/mol. The number of amides is 1. The third kappa shape index (κ3) is 3.75. The highest BCUT2D eigenvalue weighted by Gasteiger charge is 2.29. The molecule has 4 rings (SSSR count). The van der Waals surface area contributed by atoms with Crippen LogP contribution in [0.1, 0.15) is 25.7 Å². The summed E-state index contributed by atoms with van der Waals surface area (Å²) in [6.45, 7) is 3.15. The van der Waals surface area contributed by atoms with Crippen molar-refractivity contribution in [2.24, 2.45) is 5.92 Å². The summed E-state index contributed by atoms with van der Waals surface area (Å²) in [7, 11) is 1.66.